The number of nitrogens with zero attached hydrogens (tertiary/aromatic N) is 2. The van der Waals surface area contributed by atoms with Crippen molar-refractivity contribution in [2.24, 2.45) is 28.6 Å². The smallest absolute Gasteiger partial charge is 0.302 e. The molecule has 3 saturated carbocycles. The fourth-order valence-corrected chi connectivity index (χ4v) is 7.65. The maximum absolute atomic E-state index is 11.6. The van der Waals surface area contributed by atoms with E-state index in [4.69, 9.17) is 9.37 Å². The highest BCUT2D eigenvalue weighted by atomic mass is 16.6. The Hall–Kier alpha value is -1.39. The zero-order valence-electron chi connectivity index (χ0n) is 16.2. The van der Waals surface area contributed by atoms with Crippen LogP contribution in [0.1, 0.15) is 83.0 Å². The van der Waals surface area contributed by atoms with Gasteiger partial charge in [0.25, 0.3) is 0 Å². The van der Waals surface area contributed by atoms with Crippen LogP contribution < -0.4 is 0 Å². The van der Waals surface area contributed by atoms with Gasteiger partial charge in [0.2, 0.25) is 0 Å². The van der Waals surface area contributed by atoms with Crippen LogP contribution in [0.4, 0.5) is 0 Å². The molecule has 7 atom stereocenters. The molecule has 0 radical (unpaired) electrons. The molecule has 1 aromatic heterocycles. The first-order chi connectivity index (χ1) is 12.4. The van der Waals surface area contributed by atoms with Crippen molar-refractivity contribution in [1.29, 1.82) is 0 Å². The number of aromatic nitrogens is 2. The van der Waals surface area contributed by atoms with Gasteiger partial charge in [0, 0.05) is 18.3 Å². The number of fused-ring (bicyclic) bond motifs is 7. The number of esters is 1. The summed E-state index contributed by atoms with van der Waals surface area (Å²) in [6, 6.07) is 0. The summed E-state index contributed by atoms with van der Waals surface area (Å²) in [7, 11) is 0. The Morgan fingerprint density at radius 2 is 1.85 bits per heavy atom. The molecule has 0 spiro atoms. The van der Waals surface area contributed by atoms with Crippen molar-refractivity contribution >= 4 is 5.97 Å². The van der Waals surface area contributed by atoms with Crippen LogP contribution in [0.15, 0.2) is 4.63 Å². The Labute approximate surface area is 155 Å². The minimum atomic E-state index is -0.118. The second-order valence-electron chi connectivity index (χ2n) is 9.83. The fourth-order valence-electron chi connectivity index (χ4n) is 7.65. The molecule has 7 unspecified atom stereocenters. The van der Waals surface area contributed by atoms with E-state index in [0.717, 1.165) is 36.1 Å². The molecule has 0 aliphatic heterocycles. The molecule has 1 aromatic rings. The maximum atomic E-state index is 11.6. The van der Waals surface area contributed by atoms with Crippen LogP contribution in [-0.4, -0.2) is 22.4 Å². The number of ether oxygens (including phenoxy) is 1. The Morgan fingerprint density at radius 1 is 1.04 bits per heavy atom. The van der Waals surface area contributed by atoms with E-state index in [-0.39, 0.29) is 17.5 Å². The van der Waals surface area contributed by atoms with E-state index in [2.05, 4.69) is 24.2 Å². The predicted molar refractivity (Wildman–Crippen MR) is 95.3 cm³/mol. The molecule has 0 amide bonds. The zero-order chi connectivity index (χ0) is 18.1. The van der Waals surface area contributed by atoms with Gasteiger partial charge in [-0.3, -0.25) is 4.79 Å². The molecule has 0 N–H and O–H groups in total. The third-order valence-electron chi connectivity index (χ3n) is 8.91. The van der Waals surface area contributed by atoms with E-state index < -0.39 is 0 Å². The van der Waals surface area contributed by atoms with Gasteiger partial charge >= 0.3 is 5.97 Å². The van der Waals surface area contributed by atoms with Gasteiger partial charge in [-0.1, -0.05) is 24.2 Å². The highest BCUT2D eigenvalue weighted by molar-refractivity contribution is 5.66. The minimum absolute atomic E-state index is 0.118. The number of carbonyl (C=O) groups excluding carboxylic acids is 1. The molecule has 5 rings (SSSR count). The van der Waals surface area contributed by atoms with Gasteiger partial charge in [-0.25, -0.2) is 4.63 Å². The lowest BCUT2D eigenvalue weighted by molar-refractivity contribution is -0.159. The first kappa shape index (κ1) is 16.8. The van der Waals surface area contributed by atoms with Crippen LogP contribution >= 0.6 is 0 Å². The van der Waals surface area contributed by atoms with Gasteiger partial charge in [0.05, 0.1) is 0 Å². The number of aryl methyl sites for hydroxylation is 1. The second-order valence-corrected chi connectivity index (χ2v) is 9.83. The van der Waals surface area contributed by atoms with E-state index in [1.54, 1.807) is 6.92 Å². The predicted octanol–water partition coefficient (Wildman–Crippen LogP) is 4.27. The van der Waals surface area contributed by atoms with Crippen molar-refractivity contribution in [2.45, 2.75) is 84.2 Å². The van der Waals surface area contributed by atoms with E-state index >= 15 is 0 Å². The SMILES string of the molecule is CC(=O)OC1CCC2C3CCC4c5nonc5CCC4(C)C3CCC12C. The van der Waals surface area contributed by atoms with E-state index in [0.29, 0.717) is 17.3 Å². The normalized spacial score (nSPS) is 46.7. The van der Waals surface area contributed by atoms with Crippen molar-refractivity contribution in [1.82, 2.24) is 10.3 Å². The van der Waals surface area contributed by atoms with Crippen LogP contribution in [0.3, 0.4) is 0 Å². The van der Waals surface area contributed by atoms with Gasteiger partial charge < -0.3 is 4.74 Å². The van der Waals surface area contributed by atoms with Crippen molar-refractivity contribution in [3.63, 3.8) is 0 Å². The number of rotatable bonds is 1. The highest BCUT2D eigenvalue weighted by Crippen LogP contribution is 2.67. The molecule has 1 heterocycles. The average Bonchev–Trinajstić information content (AvgIpc) is 3.19. The minimum Gasteiger partial charge on any atom is -0.462 e. The lowest BCUT2D eigenvalue weighted by Gasteiger charge is -2.59. The van der Waals surface area contributed by atoms with Crippen LogP contribution in [0, 0.1) is 28.6 Å². The summed E-state index contributed by atoms with van der Waals surface area (Å²) < 4.78 is 10.8. The van der Waals surface area contributed by atoms with Gasteiger partial charge in [-0.2, -0.15) is 0 Å². The molecule has 5 heteroatoms. The van der Waals surface area contributed by atoms with Crippen molar-refractivity contribution in [3.8, 4) is 0 Å². The largest absolute Gasteiger partial charge is 0.462 e. The maximum Gasteiger partial charge on any atom is 0.302 e. The third kappa shape index (κ3) is 2.12. The molecular formula is C21H30N2O3. The standard InChI is InChI=1S/C21H30N2O3/c1-12(24)25-18-7-6-14-13-4-5-16-19-17(22-26-23-19)9-11-20(16,2)15(13)8-10-21(14,18)3/h13-16,18H,4-11H2,1-3H3. The van der Waals surface area contributed by atoms with Crippen molar-refractivity contribution in [3.05, 3.63) is 11.4 Å². The van der Waals surface area contributed by atoms with Gasteiger partial charge in [0.15, 0.2) is 0 Å². The average molecular weight is 358 g/mol. The van der Waals surface area contributed by atoms with Gasteiger partial charge in [-0.15, -0.1) is 0 Å². The Morgan fingerprint density at radius 3 is 2.65 bits per heavy atom. The fraction of sp³-hybridized carbons (Fsp3) is 0.857. The topological polar surface area (TPSA) is 65.2 Å². The number of hydrogen-bond acceptors (Lipinski definition) is 5. The molecule has 4 aliphatic carbocycles. The molecule has 4 aliphatic rings. The lowest BCUT2D eigenvalue weighted by atomic mass is 9.45. The molecule has 5 nitrogen and oxygen atoms in total. The quantitative estimate of drug-likeness (QED) is 0.701. The molecule has 0 bridgehead atoms. The first-order valence-corrected chi connectivity index (χ1v) is 10.4. The van der Waals surface area contributed by atoms with Crippen molar-refractivity contribution in [2.75, 3.05) is 0 Å². The van der Waals surface area contributed by atoms with Crippen LogP contribution in [0.2, 0.25) is 0 Å². The van der Waals surface area contributed by atoms with Gasteiger partial charge in [-0.05, 0) is 74.5 Å². The summed E-state index contributed by atoms with van der Waals surface area (Å²) in [6.07, 6.45) is 9.49. The summed E-state index contributed by atoms with van der Waals surface area (Å²) in [5, 5.41) is 8.46. The lowest BCUT2D eigenvalue weighted by Crippen LogP contribution is -2.53. The van der Waals surface area contributed by atoms with E-state index in [1.807, 2.05) is 0 Å². The van der Waals surface area contributed by atoms with Crippen LogP contribution in [0.25, 0.3) is 0 Å². The number of carbonyl (C=O) groups is 1. The zero-order valence-corrected chi connectivity index (χ0v) is 16.2. The van der Waals surface area contributed by atoms with Crippen LogP contribution in [0.5, 0.6) is 0 Å². The summed E-state index contributed by atoms with van der Waals surface area (Å²) in [5.41, 5.74) is 2.73. The van der Waals surface area contributed by atoms with Gasteiger partial charge in [0.1, 0.15) is 17.5 Å². The first-order valence-electron chi connectivity index (χ1n) is 10.4. The third-order valence-corrected chi connectivity index (χ3v) is 8.91. The Kier molecular flexibility index (Phi) is 3.58. The van der Waals surface area contributed by atoms with Crippen molar-refractivity contribution < 1.29 is 14.2 Å². The summed E-state index contributed by atoms with van der Waals surface area (Å²) >= 11 is 0. The van der Waals surface area contributed by atoms with E-state index in [1.165, 1.54) is 38.5 Å². The molecule has 26 heavy (non-hydrogen) atoms. The number of hydrogen-bond donors (Lipinski definition) is 0. The monoisotopic (exact) mass is 358 g/mol. The molecular weight excluding hydrogens is 328 g/mol. The van der Waals surface area contributed by atoms with E-state index in [9.17, 15) is 4.79 Å². The molecule has 142 valence electrons. The molecule has 3 fully saturated rings. The van der Waals surface area contributed by atoms with Crippen LogP contribution in [-0.2, 0) is 16.0 Å². The Balaban J connectivity index is 1.45. The molecule has 0 saturated heterocycles. The Bertz CT molecular complexity index is 731. The molecule has 0 aromatic carbocycles. The highest BCUT2D eigenvalue weighted by Gasteiger charge is 2.61. The summed E-state index contributed by atoms with van der Waals surface area (Å²) in [5.74, 6) is 2.60. The second kappa shape index (κ2) is 5.56. The summed E-state index contributed by atoms with van der Waals surface area (Å²) in [4.78, 5) is 11.6. The summed E-state index contributed by atoms with van der Waals surface area (Å²) in [6.45, 7) is 6.46.